The zero-order valence-corrected chi connectivity index (χ0v) is 11.1. The monoisotopic (exact) mass is 291 g/mol. The molecule has 0 aliphatic carbocycles. The number of aliphatic hydroxyl groups is 1. The first-order valence-corrected chi connectivity index (χ1v) is 6.20. The quantitative estimate of drug-likeness (QED) is 0.909. The van der Waals surface area contributed by atoms with E-state index in [1.807, 2.05) is 6.07 Å². The number of rotatable bonds is 4. The molecule has 2 aromatic rings. The summed E-state index contributed by atoms with van der Waals surface area (Å²) in [5, 5.41) is 21.1. The first-order chi connectivity index (χ1) is 9.63. The van der Waals surface area contributed by atoms with Crippen LogP contribution in [0, 0.1) is 17.1 Å². The zero-order chi connectivity index (χ0) is 14.5. The lowest BCUT2D eigenvalue weighted by Gasteiger charge is -2.18. The molecule has 0 fully saturated rings. The van der Waals surface area contributed by atoms with Crippen molar-refractivity contribution >= 4 is 17.3 Å². The Morgan fingerprint density at radius 1 is 1.40 bits per heavy atom. The number of hydrogen-bond donors (Lipinski definition) is 2. The zero-order valence-electron chi connectivity index (χ0n) is 10.3. The summed E-state index contributed by atoms with van der Waals surface area (Å²) < 4.78 is 13.4. The van der Waals surface area contributed by atoms with E-state index in [9.17, 15) is 9.50 Å². The van der Waals surface area contributed by atoms with Crippen molar-refractivity contribution in [3.05, 3.63) is 58.6 Å². The van der Waals surface area contributed by atoms with Crippen molar-refractivity contribution in [2.75, 3.05) is 11.9 Å². The van der Waals surface area contributed by atoms with Gasteiger partial charge in [-0.15, -0.1) is 0 Å². The lowest BCUT2D eigenvalue weighted by Crippen LogP contribution is -2.15. The average molecular weight is 292 g/mol. The first kappa shape index (κ1) is 14.3. The normalized spacial score (nSPS) is 11.7. The Morgan fingerprint density at radius 2 is 2.20 bits per heavy atom. The van der Waals surface area contributed by atoms with E-state index in [2.05, 4.69) is 10.3 Å². The van der Waals surface area contributed by atoms with Gasteiger partial charge in [0.15, 0.2) is 0 Å². The van der Waals surface area contributed by atoms with Gasteiger partial charge in [0.1, 0.15) is 17.6 Å². The molecule has 0 spiro atoms. The van der Waals surface area contributed by atoms with Crippen molar-refractivity contribution in [1.29, 1.82) is 5.26 Å². The number of pyridine rings is 1. The molecule has 1 heterocycles. The van der Waals surface area contributed by atoms with Crippen molar-refractivity contribution in [2.24, 2.45) is 0 Å². The minimum absolute atomic E-state index is 0.0329. The van der Waals surface area contributed by atoms with Gasteiger partial charge in [0.05, 0.1) is 29.6 Å². The maximum Gasteiger partial charge on any atom is 0.142 e. The van der Waals surface area contributed by atoms with Crippen LogP contribution in [0.25, 0.3) is 0 Å². The third-order valence-corrected chi connectivity index (χ3v) is 3.05. The van der Waals surface area contributed by atoms with E-state index in [0.29, 0.717) is 16.9 Å². The molecule has 6 heteroatoms. The number of hydrogen-bond acceptors (Lipinski definition) is 4. The van der Waals surface area contributed by atoms with Crippen LogP contribution in [-0.4, -0.2) is 16.7 Å². The maximum absolute atomic E-state index is 13.4. The number of aliphatic hydroxyl groups excluding tert-OH is 1. The molecular formula is C14H11ClFN3O. The molecule has 0 saturated carbocycles. The Bertz CT molecular complexity index is 640. The first-order valence-electron chi connectivity index (χ1n) is 5.82. The Kier molecular flexibility index (Phi) is 4.51. The minimum Gasteiger partial charge on any atom is -0.394 e. The Balaban J connectivity index is 2.19. The van der Waals surface area contributed by atoms with Gasteiger partial charge >= 0.3 is 0 Å². The maximum atomic E-state index is 13.4. The van der Waals surface area contributed by atoms with Crippen molar-refractivity contribution < 1.29 is 9.50 Å². The van der Waals surface area contributed by atoms with Crippen LogP contribution < -0.4 is 5.32 Å². The second-order valence-electron chi connectivity index (χ2n) is 4.10. The van der Waals surface area contributed by atoms with Crippen LogP contribution in [0.15, 0.2) is 36.5 Å². The third kappa shape index (κ3) is 3.23. The number of nitrogens with zero attached hydrogens (tertiary/aromatic N) is 2. The summed E-state index contributed by atoms with van der Waals surface area (Å²) in [6, 6.07) is 8.99. The minimum atomic E-state index is -0.539. The molecule has 102 valence electrons. The Hall–Kier alpha value is -2.16. The summed E-state index contributed by atoms with van der Waals surface area (Å²) >= 11 is 5.62. The molecule has 20 heavy (non-hydrogen) atoms. The van der Waals surface area contributed by atoms with Crippen LogP contribution in [0.4, 0.5) is 10.1 Å². The summed E-state index contributed by atoms with van der Waals surface area (Å²) in [5.41, 5.74) is 1.49. The van der Waals surface area contributed by atoms with E-state index < -0.39 is 11.9 Å². The SMILES string of the molecule is N#Cc1ccc(N[C@@H](CO)c2ccc(Cl)c(F)c2)cn1. The fraction of sp³-hybridized carbons (Fsp3) is 0.143. The van der Waals surface area contributed by atoms with Crippen LogP contribution in [0.3, 0.4) is 0 Å². The van der Waals surface area contributed by atoms with Crippen LogP contribution >= 0.6 is 11.6 Å². The summed E-state index contributed by atoms with van der Waals surface area (Å²) in [6.45, 7) is -0.221. The lowest BCUT2D eigenvalue weighted by molar-refractivity contribution is 0.276. The molecule has 1 aromatic carbocycles. The predicted octanol–water partition coefficient (Wildman–Crippen LogP) is 2.89. The number of nitriles is 1. The summed E-state index contributed by atoms with van der Waals surface area (Å²) in [5.74, 6) is -0.539. The van der Waals surface area contributed by atoms with Crippen LogP contribution in [0.5, 0.6) is 0 Å². The largest absolute Gasteiger partial charge is 0.394 e. The van der Waals surface area contributed by atoms with Gasteiger partial charge in [-0.1, -0.05) is 17.7 Å². The molecule has 2 rings (SSSR count). The van der Waals surface area contributed by atoms with Gasteiger partial charge < -0.3 is 10.4 Å². The molecular weight excluding hydrogens is 281 g/mol. The van der Waals surface area contributed by atoms with Gasteiger partial charge in [-0.05, 0) is 29.8 Å². The highest BCUT2D eigenvalue weighted by atomic mass is 35.5. The highest BCUT2D eigenvalue weighted by molar-refractivity contribution is 6.30. The molecule has 0 bridgehead atoms. The van der Waals surface area contributed by atoms with Gasteiger partial charge in [0.2, 0.25) is 0 Å². The highest BCUT2D eigenvalue weighted by Gasteiger charge is 2.12. The molecule has 1 atom stereocenters. The molecule has 0 saturated heterocycles. The third-order valence-electron chi connectivity index (χ3n) is 2.75. The van der Waals surface area contributed by atoms with E-state index >= 15 is 0 Å². The fourth-order valence-corrected chi connectivity index (χ4v) is 1.83. The molecule has 0 unspecified atom stereocenters. The second kappa shape index (κ2) is 6.33. The number of nitrogens with one attached hydrogen (secondary N) is 1. The summed E-state index contributed by atoms with van der Waals surface area (Å²) in [7, 11) is 0. The molecule has 1 aromatic heterocycles. The summed E-state index contributed by atoms with van der Waals surface area (Å²) in [6.07, 6.45) is 1.48. The predicted molar refractivity (Wildman–Crippen MR) is 73.8 cm³/mol. The molecule has 0 aliphatic heterocycles. The number of benzene rings is 1. The van der Waals surface area contributed by atoms with Gasteiger partial charge in [-0.25, -0.2) is 9.37 Å². The standard InChI is InChI=1S/C14H11ClFN3O/c15-12-4-1-9(5-13(12)16)14(8-20)19-11-3-2-10(6-17)18-7-11/h1-5,7,14,19-20H,8H2/t14-/m0/s1. The topological polar surface area (TPSA) is 68.9 Å². The number of halogens is 2. The number of aromatic nitrogens is 1. The molecule has 0 amide bonds. The van der Waals surface area contributed by atoms with E-state index in [1.165, 1.54) is 18.3 Å². The van der Waals surface area contributed by atoms with Crippen molar-refractivity contribution in [3.8, 4) is 6.07 Å². The van der Waals surface area contributed by atoms with Gasteiger partial charge in [0.25, 0.3) is 0 Å². The van der Waals surface area contributed by atoms with Crippen molar-refractivity contribution in [1.82, 2.24) is 4.98 Å². The van der Waals surface area contributed by atoms with E-state index in [0.717, 1.165) is 0 Å². The Labute approximate surface area is 120 Å². The van der Waals surface area contributed by atoms with Crippen LogP contribution in [-0.2, 0) is 0 Å². The lowest BCUT2D eigenvalue weighted by atomic mass is 10.1. The number of anilines is 1. The highest BCUT2D eigenvalue weighted by Crippen LogP contribution is 2.23. The summed E-state index contributed by atoms with van der Waals surface area (Å²) in [4.78, 5) is 3.91. The van der Waals surface area contributed by atoms with E-state index in [-0.39, 0.29) is 11.6 Å². The smallest absolute Gasteiger partial charge is 0.142 e. The van der Waals surface area contributed by atoms with Crippen molar-refractivity contribution in [3.63, 3.8) is 0 Å². The fourth-order valence-electron chi connectivity index (χ4n) is 1.71. The van der Waals surface area contributed by atoms with Gasteiger partial charge in [-0.2, -0.15) is 5.26 Å². The van der Waals surface area contributed by atoms with Crippen molar-refractivity contribution in [2.45, 2.75) is 6.04 Å². The van der Waals surface area contributed by atoms with E-state index in [1.54, 1.807) is 18.2 Å². The molecule has 2 N–H and O–H groups in total. The molecule has 0 radical (unpaired) electrons. The van der Waals surface area contributed by atoms with Gasteiger partial charge in [0, 0.05) is 0 Å². The molecule has 4 nitrogen and oxygen atoms in total. The molecule has 0 aliphatic rings. The Morgan fingerprint density at radius 3 is 2.75 bits per heavy atom. The van der Waals surface area contributed by atoms with Crippen LogP contribution in [0.2, 0.25) is 5.02 Å². The van der Waals surface area contributed by atoms with Crippen LogP contribution in [0.1, 0.15) is 17.3 Å². The van der Waals surface area contributed by atoms with E-state index in [4.69, 9.17) is 16.9 Å². The van der Waals surface area contributed by atoms with Gasteiger partial charge in [-0.3, -0.25) is 0 Å². The average Bonchev–Trinajstić information content (AvgIpc) is 2.48. The second-order valence-corrected chi connectivity index (χ2v) is 4.50.